The zero-order valence-electron chi connectivity index (χ0n) is 49.7. The highest BCUT2D eigenvalue weighted by Gasteiger charge is 2.37. The molecule has 0 aromatic heterocycles. The average Bonchev–Trinajstić information content (AvgIpc) is 3.54. The van der Waals surface area contributed by atoms with E-state index in [9.17, 15) is 28.8 Å². The van der Waals surface area contributed by atoms with Crippen molar-refractivity contribution in [2.75, 3.05) is 54.0 Å². The van der Waals surface area contributed by atoms with Crippen LogP contribution in [0.1, 0.15) is 116 Å². The Morgan fingerprint density at radius 1 is 0.711 bits per heavy atom. The molecule has 4 aromatic carbocycles. The SMILES string of the molecule is COC(=O)[C@@H]1Cc2ccc(OC(=O)OC(C)(C)C)c(c2)-c2cc(ccc2OCCNCCN(C)C(=O)OC(C)(C)C)[C@H](N(C)C(=O)[C@H](CCCCNC(=O)OC(C)(C)C)NC(=O)c2ccc(-c3ccc(Cl)cc3)cc2)C(=O)N[C@@H](C)C(=O)N1. The monoisotopic (exact) mass is 1170 g/mol. The second-order valence-electron chi connectivity index (χ2n) is 23.1. The van der Waals surface area contributed by atoms with E-state index in [0.717, 1.165) is 11.1 Å². The van der Waals surface area contributed by atoms with Crippen LogP contribution in [0.2, 0.25) is 5.02 Å². The molecule has 4 atom stereocenters. The lowest BCUT2D eigenvalue weighted by Crippen LogP contribution is -2.55. The number of alkyl carbamates (subject to hydrolysis) is 1. The number of nitrogens with one attached hydrogen (secondary N) is 5. The Bertz CT molecular complexity index is 2930. The van der Waals surface area contributed by atoms with E-state index in [2.05, 4.69) is 26.6 Å². The third kappa shape index (κ3) is 20.8. The Balaban J connectivity index is 1.59. The Morgan fingerprint density at radius 3 is 1.95 bits per heavy atom. The fourth-order valence-electron chi connectivity index (χ4n) is 8.54. The van der Waals surface area contributed by atoms with Crippen LogP contribution in [0.25, 0.3) is 22.3 Å². The maximum Gasteiger partial charge on any atom is 0.514 e. The lowest BCUT2D eigenvalue weighted by molar-refractivity contribution is -0.145. The number of ether oxygens (including phenoxy) is 6. The Morgan fingerprint density at radius 2 is 1.33 bits per heavy atom. The maximum absolute atomic E-state index is 15.3. The van der Waals surface area contributed by atoms with Gasteiger partial charge in [0.25, 0.3) is 5.91 Å². The quantitative estimate of drug-likeness (QED) is 0.0255. The molecule has 6 amide bonds. The number of benzene rings is 4. The fourth-order valence-corrected chi connectivity index (χ4v) is 8.66. The van der Waals surface area contributed by atoms with Crippen LogP contribution in [0, 0.1) is 0 Å². The molecule has 0 aliphatic carbocycles. The van der Waals surface area contributed by atoms with Crippen molar-refractivity contribution in [3.05, 3.63) is 107 Å². The van der Waals surface area contributed by atoms with Crippen molar-refractivity contribution < 1.29 is 66.8 Å². The number of fused-ring (bicyclic) bond motifs is 5. The van der Waals surface area contributed by atoms with Gasteiger partial charge in [0.2, 0.25) is 17.7 Å². The summed E-state index contributed by atoms with van der Waals surface area (Å²) in [6.45, 7) is 18.3. The van der Waals surface area contributed by atoms with Crippen LogP contribution in [0.5, 0.6) is 11.5 Å². The van der Waals surface area contributed by atoms with Gasteiger partial charge in [-0.1, -0.05) is 48.0 Å². The minimum atomic E-state index is -1.53. The predicted molar refractivity (Wildman–Crippen MR) is 313 cm³/mol. The van der Waals surface area contributed by atoms with E-state index < -0.39 is 88.9 Å². The van der Waals surface area contributed by atoms with Gasteiger partial charge in [-0.3, -0.25) is 19.2 Å². The summed E-state index contributed by atoms with van der Waals surface area (Å²) in [5.41, 5.74) is 0.769. The molecule has 0 fully saturated rings. The van der Waals surface area contributed by atoms with Crippen LogP contribution >= 0.6 is 11.6 Å². The van der Waals surface area contributed by atoms with Gasteiger partial charge in [-0.05, 0) is 159 Å². The van der Waals surface area contributed by atoms with Crippen molar-refractivity contribution in [2.24, 2.45) is 0 Å². The third-order valence-electron chi connectivity index (χ3n) is 12.6. The van der Waals surface area contributed by atoms with Crippen molar-refractivity contribution in [3.8, 4) is 33.8 Å². The van der Waals surface area contributed by atoms with Crippen LogP contribution in [0.3, 0.4) is 0 Å². The van der Waals surface area contributed by atoms with Crippen LogP contribution < -0.4 is 36.1 Å². The number of nitrogens with zero attached hydrogens (tertiary/aromatic N) is 2. The number of halogens is 1. The van der Waals surface area contributed by atoms with Crippen molar-refractivity contribution in [2.45, 2.75) is 136 Å². The standard InChI is InChI=1S/C61H80ClN7O14/c1-37-51(70)67-47(55(74)78-13)35-38-17-27-49(80-58(77)83-61(8,9)10)44(34-38)45-36-42(24-28-48(45)79-33-31-63-30-32-68(11)57(76)82-60(5,6)7)50(53(72)65-37)69(12)54(73)46(16-14-15-29-64-56(75)81-59(2,3)4)66-52(71)41-20-18-39(19-21-41)40-22-25-43(62)26-23-40/h17-28,34,36-37,46-47,50,63H,14-16,29-33,35H2,1-13H3,(H,64,75)(H,65,72)(H,66,71)(H,67,70)/t37-,46-,47-,50-/m0/s1. The molecule has 0 unspecified atom stereocenters. The normalized spacial score (nSPS) is 15.9. The van der Waals surface area contributed by atoms with Crippen LogP contribution in [-0.4, -0.2) is 147 Å². The average molecular weight is 1170 g/mol. The zero-order chi connectivity index (χ0) is 61.4. The fraction of sp³-hybridized carbons (Fsp3) is 0.475. The summed E-state index contributed by atoms with van der Waals surface area (Å²) in [6, 6.07) is 18.2. The smallest absolute Gasteiger partial charge is 0.492 e. The number of likely N-dealkylation sites (N-methyl/N-ethyl adjacent to an activating group) is 2. The summed E-state index contributed by atoms with van der Waals surface area (Å²) in [5, 5.41) is 14.8. The highest BCUT2D eigenvalue weighted by molar-refractivity contribution is 6.30. The van der Waals surface area contributed by atoms with Crippen molar-refractivity contribution in [3.63, 3.8) is 0 Å². The second-order valence-corrected chi connectivity index (χ2v) is 23.5. The minimum Gasteiger partial charge on any atom is -0.492 e. The molecular formula is C61H80ClN7O14. The molecule has 4 aromatic rings. The lowest BCUT2D eigenvalue weighted by atomic mass is 9.93. The van der Waals surface area contributed by atoms with E-state index in [4.69, 9.17) is 40.0 Å². The first-order valence-electron chi connectivity index (χ1n) is 27.5. The Labute approximate surface area is 491 Å². The highest BCUT2D eigenvalue weighted by Crippen LogP contribution is 2.41. The number of rotatable bonds is 19. The minimum absolute atomic E-state index is 0.0109. The molecule has 0 spiro atoms. The number of amides is 6. The van der Waals surface area contributed by atoms with Crippen LogP contribution in [0.4, 0.5) is 14.4 Å². The van der Waals surface area contributed by atoms with Gasteiger partial charge in [0.15, 0.2) is 0 Å². The Kier molecular flexibility index (Phi) is 23.3. The van der Waals surface area contributed by atoms with E-state index in [1.807, 2.05) is 12.1 Å². The van der Waals surface area contributed by atoms with Gasteiger partial charge in [0.1, 0.15) is 59.1 Å². The Hall–Kier alpha value is -7.91. The molecule has 83 heavy (non-hydrogen) atoms. The molecule has 5 N–H and O–H groups in total. The number of carbonyl (C=O) groups is 8. The van der Waals surface area contributed by atoms with E-state index in [1.165, 1.54) is 36.9 Å². The molecule has 1 aliphatic rings. The molecule has 0 radical (unpaired) electrons. The summed E-state index contributed by atoms with van der Waals surface area (Å²) < 4.78 is 33.8. The van der Waals surface area contributed by atoms with E-state index in [1.54, 1.807) is 136 Å². The summed E-state index contributed by atoms with van der Waals surface area (Å²) in [7, 11) is 4.19. The topological polar surface area (TPSA) is 259 Å². The molecule has 22 heteroatoms. The van der Waals surface area contributed by atoms with Gasteiger partial charge in [-0.25, -0.2) is 19.2 Å². The third-order valence-corrected chi connectivity index (χ3v) is 12.8. The van der Waals surface area contributed by atoms with Crippen molar-refractivity contribution in [1.29, 1.82) is 0 Å². The predicted octanol–water partition coefficient (Wildman–Crippen LogP) is 8.53. The summed E-state index contributed by atoms with van der Waals surface area (Å²) >= 11 is 6.12. The molecule has 0 saturated carbocycles. The lowest BCUT2D eigenvalue weighted by Gasteiger charge is -2.32. The van der Waals surface area contributed by atoms with Gasteiger partial charge in [-0.2, -0.15) is 0 Å². The molecule has 5 rings (SSSR count). The first-order chi connectivity index (χ1) is 38.9. The van der Waals surface area contributed by atoms with Gasteiger partial charge >= 0.3 is 24.3 Å². The van der Waals surface area contributed by atoms with Gasteiger partial charge in [0, 0.05) is 68.4 Å². The van der Waals surface area contributed by atoms with Gasteiger partial charge < -0.3 is 64.8 Å². The van der Waals surface area contributed by atoms with Crippen molar-refractivity contribution in [1.82, 2.24) is 36.4 Å². The molecule has 1 heterocycles. The maximum atomic E-state index is 15.3. The first-order valence-corrected chi connectivity index (χ1v) is 27.8. The van der Waals surface area contributed by atoms with Crippen molar-refractivity contribution >= 4 is 59.5 Å². The second kappa shape index (κ2) is 29.4. The van der Waals surface area contributed by atoms with E-state index in [-0.39, 0.29) is 59.7 Å². The number of carbonyl (C=O) groups excluding carboxylic acids is 8. The summed E-state index contributed by atoms with van der Waals surface area (Å²) in [5.74, 6) is -3.40. The summed E-state index contributed by atoms with van der Waals surface area (Å²) in [6.07, 6.45) is -1.50. The molecule has 0 saturated heterocycles. The molecular weight excluding hydrogens is 1090 g/mol. The van der Waals surface area contributed by atoms with Crippen LogP contribution in [0.15, 0.2) is 84.9 Å². The zero-order valence-corrected chi connectivity index (χ0v) is 50.5. The van der Waals surface area contributed by atoms with E-state index in [0.29, 0.717) is 43.1 Å². The van der Waals surface area contributed by atoms with Crippen LogP contribution in [-0.2, 0) is 44.5 Å². The number of methoxy groups -OCH3 is 1. The molecule has 4 bridgehead atoms. The number of unbranched alkanes of at least 4 members (excludes halogenated alkanes) is 1. The van der Waals surface area contributed by atoms with E-state index >= 15 is 9.59 Å². The molecule has 450 valence electrons. The number of esters is 1. The largest absolute Gasteiger partial charge is 0.514 e. The highest BCUT2D eigenvalue weighted by atomic mass is 35.5. The van der Waals surface area contributed by atoms with Gasteiger partial charge in [-0.15, -0.1) is 0 Å². The number of hydrogen-bond acceptors (Lipinski definition) is 15. The molecule has 1 aliphatic heterocycles. The first kappa shape index (κ1) is 65.9. The molecule has 21 nitrogen and oxygen atoms in total. The summed E-state index contributed by atoms with van der Waals surface area (Å²) in [4.78, 5) is 113. The van der Waals surface area contributed by atoms with Gasteiger partial charge in [0.05, 0.1) is 7.11 Å². The number of hydrogen-bond donors (Lipinski definition) is 5.